The zero-order valence-corrected chi connectivity index (χ0v) is 26.3. The van der Waals surface area contributed by atoms with Crippen molar-refractivity contribution < 1.29 is 45.4 Å². The maximum atomic E-state index is 13.4. The number of hydrogen-bond acceptors (Lipinski definition) is 4. The summed E-state index contributed by atoms with van der Waals surface area (Å²) >= 11 is 0. The van der Waals surface area contributed by atoms with Crippen molar-refractivity contribution in [3.63, 3.8) is 0 Å². The molecule has 1 aliphatic heterocycles. The molecule has 0 unspecified atom stereocenters. The van der Waals surface area contributed by atoms with E-state index < -0.39 is 41.7 Å². The van der Waals surface area contributed by atoms with Gasteiger partial charge in [0.25, 0.3) is 0 Å². The van der Waals surface area contributed by atoms with Gasteiger partial charge in [0.15, 0.2) is 0 Å². The van der Waals surface area contributed by atoms with E-state index >= 15 is 0 Å². The zero-order chi connectivity index (χ0) is 33.9. The third kappa shape index (κ3) is 9.40. The van der Waals surface area contributed by atoms with Gasteiger partial charge in [-0.3, -0.25) is 9.69 Å². The summed E-state index contributed by atoms with van der Waals surface area (Å²) in [5.41, 5.74) is -1.27. The first kappa shape index (κ1) is 35.8. The molecule has 0 radical (unpaired) electrons. The molecule has 2 aromatic carbocycles. The Bertz CT molecular complexity index is 1370. The van der Waals surface area contributed by atoms with Gasteiger partial charge in [-0.1, -0.05) is 39.8 Å². The van der Waals surface area contributed by atoms with Gasteiger partial charge in [0.05, 0.1) is 24.3 Å². The van der Waals surface area contributed by atoms with Crippen LogP contribution in [0.2, 0.25) is 0 Å². The van der Waals surface area contributed by atoms with Gasteiger partial charge in [-0.2, -0.15) is 26.3 Å². The summed E-state index contributed by atoms with van der Waals surface area (Å²) in [6.45, 7) is 13.4. The first-order chi connectivity index (χ1) is 20.7. The Morgan fingerprint density at radius 2 is 1.64 bits per heavy atom. The van der Waals surface area contributed by atoms with Gasteiger partial charge >= 0.3 is 18.4 Å². The first-order valence-electron chi connectivity index (χ1n) is 14.6. The summed E-state index contributed by atoms with van der Waals surface area (Å²) in [7, 11) is 1.58. The number of nitrogens with zero attached hydrogens (tertiary/aromatic N) is 1. The van der Waals surface area contributed by atoms with E-state index in [0.717, 1.165) is 18.4 Å². The van der Waals surface area contributed by atoms with Crippen LogP contribution in [0.5, 0.6) is 5.75 Å². The van der Waals surface area contributed by atoms with Gasteiger partial charge in [-0.15, -0.1) is 0 Å². The summed E-state index contributed by atoms with van der Waals surface area (Å²) in [5, 5.41) is 2.89. The molecule has 2 amide bonds. The molecule has 45 heavy (non-hydrogen) atoms. The summed E-state index contributed by atoms with van der Waals surface area (Å²) < 4.78 is 91.2. The van der Waals surface area contributed by atoms with E-state index in [0.29, 0.717) is 42.0 Å². The van der Waals surface area contributed by atoms with Crippen molar-refractivity contribution in [2.75, 3.05) is 19.0 Å². The molecule has 248 valence electrons. The Morgan fingerprint density at radius 3 is 2.18 bits per heavy atom. The lowest BCUT2D eigenvalue weighted by molar-refractivity contribution is -0.143. The highest BCUT2D eigenvalue weighted by Crippen LogP contribution is 2.41. The summed E-state index contributed by atoms with van der Waals surface area (Å²) in [6.07, 6.45) is -9.45. The smallest absolute Gasteiger partial charge is 0.416 e. The highest BCUT2D eigenvalue weighted by atomic mass is 19.4. The van der Waals surface area contributed by atoms with Crippen molar-refractivity contribution in [3.8, 4) is 5.75 Å². The van der Waals surface area contributed by atoms with Crippen LogP contribution in [0, 0.1) is 11.3 Å². The molecular formula is C33H40F6N2O4. The lowest BCUT2D eigenvalue weighted by Gasteiger charge is -2.28. The monoisotopic (exact) mass is 642 g/mol. The van der Waals surface area contributed by atoms with Crippen LogP contribution in [-0.2, 0) is 28.3 Å². The molecule has 0 aliphatic carbocycles. The third-order valence-electron chi connectivity index (χ3n) is 7.83. The number of carbonyl (C=O) groups is 2. The second kappa shape index (κ2) is 13.7. The maximum Gasteiger partial charge on any atom is 0.416 e. The number of anilines is 1. The number of halogens is 6. The fraction of sp³-hybridized carbons (Fsp3) is 0.515. The fourth-order valence-corrected chi connectivity index (χ4v) is 5.46. The minimum atomic E-state index is -5.01. The van der Waals surface area contributed by atoms with Crippen molar-refractivity contribution in [1.29, 1.82) is 0 Å². The summed E-state index contributed by atoms with van der Waals surface area (Å²) in [4.78, 5) is 26.1. The van der Waals surface area contributed by atoms with Crippen LogP contribution in [0.3, 0.4) is 0 Å². The van der Waals surface area contributed by atoms with Gasteiger partial charge < -0.3 is 14.8 Å². The molecule has 12 heteroatoms. The number of rotatable bonds is 12. The number of cyclic esters (lactones) is 1. The quantitative estimate of drug-likeness (QED) is 0.185. The average Bonchev–Trinajstić information content (AvgIpc) is 3.19. The molecule has 2 atom stereocenters. The van der Waals surface area contributed by atoms with E-state index in [1.54, 1.807) is 13.2 Å². The normalized spacial score (nSPS) is 17.4. The predicted molar refractivity (Wildman–Crippen MR) is 159 cm³/mol. The molecule has 1 saturated heterocycles. The van der Waals surface area contributed by atoms with Crippen molar-refractivity contribution in [2.45, 2.75) is 84.8 Å². The van der Waals surface area contributed by atoms with Crippen LogP contribution >= 0.6 is 0 Å². The molecule has 2 aromatic rings. The van der Waals surface area contributed by atoms with E-state index in [2.05, 4.69) is 11.9 Å². The van der Waals surface area contributed by atoms with Crippen molar-refractivity contribution in [1.82, 2.24) is 4.90 Å². The number of aryl methyl sites for hydroxylation is 1. The molecule has 1 fully saturated rings. The van der Waals surface area contributed by atoms with Gasteiger partial charge in [-0.05, 0) is 85.5 Å². The van der Waals surface area contributed by atoms with Crippen LogP contribution in [0.4, 0.5) is 36.8 Å². The van der Waals surface area contributed by atoms with Crippen molar-refractivity contribution >= 4 is 17.7 Å². The van der Waals surface area contributed by atoms with Gasteiger partial charge in [-0.25, -0.2) is 4.79 Å². The van der Waals surface area contributed by atoms with E-state index in [1.165, 1.54) is 11.8 Å². The van der Waals surface area contributed by atoms with Crippen LogP contribution in [0.25, 0.3) is 0 Å². The highest BCUT2D eigenvalue weighted by molar-refractivity contribution is 5.92. The first-order valence-corrected chi connectivity index (χ1v) is 14.6. The number of hydrogen-bond donors (Lipinski definition) is 1. The number of methoxy groups -OCH3 is 1. The van der Waals surface area contributed by atoms with Gasteiger partial charge in [0.1, 0.15) is 11.9 Å². The largest absolute Gasteiger partial charge is 0.496 e. The van der Waals surface area contributed by atoms with Crippen molar-refractivity contribution in [2.24, 2.45) is 11.3 Å². The van der Waals surface area contributed by atoms with Crippen LogP contribution in [-0.4, -0.2) is 36.6 Å². The molecule has 1 N–H and O–H groups in total. The number of amides is 2. The topological polar surface area (TPSA) is 67.9 Å². The predicted octanol–water partition coefficient (Wildman–Crippen LogP) is 9.20. The average molecular weight is 643 g/mol. The van der Waals surface area contributed by atoms with E-state index in [4.69, 9.17) is 9.47 Å². The number of nitrogens with one attached hydrogen (secondary N) is 1. The van der Waals surface area contributed by atoms with E-state index in [9.17, 15) is 35.9 Å². The second-order valence-electron chi connectivity index (χ2n) is 12.6. The standard InChI is InChI=1S/C33H40F6N2O4/c1-19(2)29(42)40-26-10-11-27(44-7)22(15-26)9-8-12-31(5,6)17-20(3)18-41-21(4)28(45-30(41)43)23-13-24(32(34,35)36)16-25(14-23)33(37,38)39/h10-11,13-16,19,21,28H,3,8-9,12,17-18H2,1-2,4-7H3,(H,40,42)/t21-,28-/m0/s1. The number of ether oxygens (including phenoxy) is 2. The minimum Gasteiger partial charge on any atom is -0.496 e. The molecule has 1 heterocycles. The SMILES string of the molecule is C=C(CN1C(=O)O[C@H](c2cc(C(F)(F)F)cc(C(F)(F)F)c2)[C@@H]1C)CC(C)(C)CCCc1cc(NC(=O)C(C)C)ccc1OC. The maximum absolute atomic E-state index is 13.4. The molecule has 3 rings (SSSR count). The molecular weight excluding hydrogens is 602 g/mol. The minimum absolute atomic E-state index is 0.0381. The molecule has 0 saturated carbocycles. The Hall–Kier alpha value is -3.70. The second-order valence-corrected chi connectivity index (χ2v) is 12.6. The Morgan fingerprint density at radius 1 is 1.04 bits per heavy atom. The fourth-order valence-electron chi connectivity index (χ4n) is 5.46. The van der Waals surface area contributed by atoms with Crippen LogP contribution < -0.4 is 10.1 Å². The van der Waals surface area contributed by atoms with Crippen LogP contribution in [0.15, 0.2) is 48.6 Å². The summed E-state index contributed by atoms with van der Waals surface area (Å²) in [5.74, 6) is 0.455. The Balaban J connectivity index is 1.64. The third-order valence-corrected chi connectivity index (χ3v) is 7.83. The molecule has 0 bridgehead atoms. The lowest BCUT2D eigenvalue weighted by Crippen LogP contribution is -2.34. The Labute approximate surface area is 259 Å². The summed E-state index contributed by atoms with van der Waals surface area (Å²) in [6, 6.07) is 5.88. The molecule has 6 nitrogen and oxygen atoms in total. The van der Waals surface area contributed by atoms with Gasteiger partial charge in [0, 0.05) is 18.2 Å². The zero-order valence-electron chi connectivity index (χ0n) is 26.3. The Kier molecular flexibility index (Phi) is 10.9. The molecule has 1 aliphatic rings. The highest BCUT2D eigenvalue weighted by Gasteiger charge is 2.43. The number of carbonyl (C=O) groups excluding carboxylic acids is 2. The number of benzene rings is 2. The van der Waals surface area contributed by atoms with Crippen LogP contribution in [0.1, 0.15) is 82.2 Å². The van der Waals surface area contributed by atoms with Crippen molar-refractivity contribution in [3.05, 3.63) is 70.8 Å². The number of alkyl halides is 6. The molecule has 0 aromatic heterocycles. The van der Waals surface area contributed by atoms with E-state index in [1.807, 2.05) is 39.8 Å². The lowest BCUT2D eigenvalue weighted by atomic mass is 9.80. The van der Waals surface area contributed by atoms with Gasteiger partial charge in [0.2, 0.25) is 5.91 Å². The molecule has 0 spiro atoms. The van der Waals surface area contributed by atoms with E-state index in [-0.39, 0.29) is 35.4 Å².